The topological polar surface area (TPSA) is 112 Å². The number of carbonyl (C=O) groups is 1. The number of nitrogens with zero attached hydrogens (tertiary/aromatic N) is 4. The maximum Gasteiger partial charge on any atom is 0.311 e. The van der Waals surface area contributed by atoms with Crippen molar-refractivity contribution in [3.05, 3.63) is 82.5 Å². The van der Waals surface area contributed by atoms with Gasteiger partial charge in [-0.2, -0.15) is 0 Å². The van der Waals surface area contributed by atoms with Gasteiger partial charge in [0.05, 0.1) is 11.5 Å². The van der Waals surface area contributed by atoms with Crippen LogP contribution in [-0.4, -0.2) is 32.0 Å². The van der Waals surface area contributed by atoms with Crippen molar-refractivity contribution < 1.29 is 14.5 Å². The van der Waals surface area contributed by atoms with Crippen molar-refractivity contribution in [1.82, 2.24) is 14.6 Å². The number of nitro benzene ring substituents is 1. The van der Waals surface area contributed by atoms with Crippen LogP contribution in [0.2, 0.25) is 0 Å². The number of pyridine rings is 1. The molecular formula is C21H17N5O4. The minimum Gasteiger partial charge on any atom is -0.487 e. The molecule has 0 aliphatic heterocycles. The smallest absolute Gasteiger partial charge is 0.311 e. The Balaban J connectivity index is 1.61. The number of ether oxygens (including phenoxy) is 1. The van der Waals surface area contributed by atoms with Gasteiger partial charge in [0.1, 0.15) is 0 Å². The molecule has 0 atom stereocenters. The Morgan fingerprint density at radius 3 is 2.80 bits per heavy atom. The summed E-state index contributed by atoms with van der Waals surface area (Å²) in [4.78, 5) is 23.4. The average Bonchev–Trinajstić information content (AvgIpc) is 3.18. The Morgan fingerprint density at radius 2 is 2.00 bits per heavy atom. The van der Waals surface area contributed by atoms with E-state index in [1.54, 1.807) is 25.1 Å². The zero-order chi connectivity index (χ0) is 21.1. The molecule has 30 heavy (non-hydrogen) atoms. The first-order valence-corrected chi connectivity index (χ1v) is 9.19. The molecule has 0 aliphatic carbocycles. The highest BCUT2D eigenvalue weighted by atomic mass is 16.6. The summed E-state index contributed by atoms with van der Waals surface area (Å²) in [5.74, 6) is 0.294. The molecule has 0 spiro atoms. The molecule has 0 bridgehead atoms. The second-order valence-electron chi connectivity index (χ2n) is 6.36. The Labute approximate surface area is 171 Å². The maximum absolute atomic E-state index is 12.7. The predicted octanol–water partition coefficient (Wildman–Crippen LogP) is 3.96. The maximum atomic E-state index is 12.7. The second kappa shape index (κ2) is 8.00. The number of benzene rings is 2. The van der Waals surface area contributed by atoms with Crippen LogP contribution in [0, 0.1) is 10.1 Å². The van der Waals surface area contributed by atoms with Crippen LogP contribution in [0.5, 0.6) is 5.75 Å². The van der Waals surface area contributed by atoms with E-state index in [0.717, 1.165) is 5.56 Å². The van der Waals surface area contributed by atoms with Crippen LogP contribution in [0.15, 0.2) is 66.9 Å². The molecule has 9 heteroatoms. The van der Waals surface area contributed by atoms with Gasteiger partial charge in [0.2, 0.25) is 0 Å². The number of rotatable bonds is 6. The largest absolute Gasteiger partial charge is 0.487 e. The molecule has 2 aromatic heterocycles. The van der Waals surface area contributed by atoms with Crippen molar-refractivity contribution in [1.29, 1.82) is 0 Å². The van der Waals surface area contributed by atoms with E-state index in [0.29, 0.717) is 17.2 Å². The van der Waals surface area contributed by atoms with Gasteiger partial charge in [0, 0.05) is 29.1 Å². The summed E-state index contributed by atoms with van der Waals surface area (Å²) in [5.41, 5.74) is 1.91. The number of hydrogen-bond donors (Lipinski definition) is 1. The van der Waals surface area contributed by atoms with Crippen molar-refractivity contribution >= 4 is 22.9 Å². The summed E-state index contributed by atoms with van der Waals surface area (Å²) in [6.07, 6.45) is 1.86. The van der Waals surface area contributed by atoms with Crippen LogP contribution < -0.4 is 10.1 Å². The van der Waals surface area contributed by atoms with Crippen LogP contribution >= 0.6 is 0 Å². The van der Waals surface area contributed by atoms with Gasteiger partial charge >= 0.3 is 5.69 Å². The molecule has 1 N–H and O–H groups in total. The van der Waals surface area contributed by atoms with Gasteiger partial charge in [-0.1, -0.05) is 18.2 Å². The number of carbonyl (C=O) groups excluding carboxylic acids is 1. The lowest BCUT2D eigenvalue weighted by atomic mass is 10.1. The van der Waals surface area contributed by atoms with Crippen molar-refractivity contribution in [2.24, 2.45) is 0 Å². The Bertz CT molecular complexity index is 1250. The molecule has 0 aliphatic rings. The van der Waals surface area contributed by atoms with Crippen LogP contribution in [0.3, 0.4) is 0 Å². The minimum absolute atomic E-state index is 0.125. The second-order valence-corrected chi connectivity index (χ2v) is 6.36. The lowest BCUT2D eigenvalue weighted by Crippen LogP contribution is -2.12. The molecule has 1 amide bonds. The molecule has 0 saturated heterocycles. The quantitative estimate of drug-likeness (QED) is 0.385. The van der Waals surface area contributed by atoms with E-state index >= 15 is 0 Å². The van der Waals surface area contributed by atoms with E-state index < -0.39 is 10.8 Å². The number of hydrogen-bond acceptors (Lipinski definition) is 6. The van der Waals surface area contributed by atoms with Crippen LogP contribution in [0.1, 0.15) is 17.3 Å². The third-order valence-electron chi connectivity index (χ3n) is 4.41. The fourth-order valence-electron chi connectivity index (χ4n) is 3.06. The fourth-order valence-corrected chi connectivity index (χ4v) is 3.06. The van der Waals surface area contributed by atoms with E-state index in [2.05, 4.69) is 15.5 Å². The third-order valence-corrected chi connectivity index (χ3v) is 4.41. The first kappa shape index (κ1) is 19.1. The van der Waals surface area contributed by atoms with Crippen molar-refractivity contribution in [3.8, 4) is 17.1 Å². The number of nitrogens with one attached hydrogen (secondary N) is 1. The predicted molar refractivity (Wildman–Crippen MR) is 111 cm³/mol. The highest BCUT2D eigenvalue weighted by Crippen LogP contribution is 2.28. The molecular weight excluding hydrogens is 386 g/mol. The molecule has 0 fully saturated rings. The normalized spacial score (nSPS) is 10.7. The number of anilines is 1. The summed E-state index contributed by atoms with van der Waals surface area (Å²) in [5, 5.41) is 22.4. The average molecular weight is 403 g/mol. The zero-order valence-electron chi connectivity index (χ0n) is 16.0. The van der Waals surface area contributed by atoms with E-state index in [-0.39, 0.29) is 23.6 Å². The summed E-state index contributed by atoms with van der Waals surface area (Å²) in [6.45, 7) is 2.02. The molecule has 2 aromatic carbocycles. The molecule has 0 radical (unpaired) electrons. The zero-order valence-corrected chi connectivity index (χ0v) is 16.0. The lowest BCUT2D eigenvalue weighted by Gasteiger charge is -2.09. The highest BCUT2D eigenvalue weighted by Gasteiger charge is 2.19. The molecule has 4 rings (SSSR count). The van der Waals surface area contributed by atoms with E-state index in [4.69, 9.17) is 4.74 Å². The first-order valence-electron chi connectivity index (χ1n) is 9.19. The summed E-state index contributed by atoms with van der Waals surface area (Å²) in [7, 11) is 0. The molecule has 0 saturated carbocycles. The Morgan fingerprint density at radius 1 is 1.13 bits per heavy atom. The van der Waals surface area contributed by atoms with Gasteiger partial charge in [-0.3, -0.25) is 19.3 Å². The number of fused-ring (bicyclic) bond motifs is 1. The minimum atomic E-state index is -0.571. The summed E-state index contributed by atoms with van der Waals surface area (Å²) < 4.78 is 7.10. The molecule has 150 valence electrons. The van der Waals surface area contributed by atoms with Gasteiger partial charge in [-0.25, -0.2) is 0 Å². The van der Waals surface area contributed by atoms with Crippen LogP contribution in [0.4, 0.5) is 11.4 Å². The molecule has 0 unspecified atom stereocenters. The van der Waals surface area contributed by atoms with E-state index in [1.165, 1.54) is 18.2 Å². The van der Waals surface area contributed by atoms with Gasteiger partial charge in [0.15, 0.2) is 17.2 Å². The lowest BCUT2D eigenvalue weighted by molar-refractivity contribution is -0.385. The standard InChI is InChI=1S/C21H17N5O4/c1-2-30-18-10-9-15(13-17(18)26(28)29)21(27)22-16-7-5-6-14(12-16)20-24-23-19-8-3-4-11-25(19)20/h3-13H,2H2,1H3,(H,22,27). The van der Waals surface area contributed by atoms with Crippen molar-refractivity contribution in [2.45, 2.75) is 6.92 Å². The third kappa shape index (κ3) is 3.68. The number of aromatic nitrogens is 3. The number of nitro groups is 1. The molecule has 2 heterocycles. The fraction of sp³-hybridized carbons (Fsp3) is 0.0952. The van der Waals surface area contributed by atoms with Gasteiger partial charge < -0.3 is 10.1 Å². The van der Waals surface area contributed by atoms with Gasteiger partial charge in [0.25, 0.3) is 5.91 Å². The molecule has 9 nitrogen and oxygen atoms in total. The summed E-state index contributed by atoms with van der Waals surface area (Å²) >= 11 is 0. The van der Waals surface area contributed by atoms with Crippen LogP contribution in [-0.2, 0) is 0 Å². The van der Waals surface area contributed by atoms with Crippen molar-refractivity contribution in [3.63, 3.8) is 0 Å². The highest BCUT2D eigenvalue weighted by molar-refractivity contribution is 6.05. The first-order chi connectivity index (χ1) is 14.6. The van der Waals surface area contributed by atoms with E-state index in [1.807, 2.05) is 34.9 Å². The molecule has 4 aromatic rings. The van der Waals surface area contributed by atoms with Crippen LogP contribution in [0.25, 0.3) is 17.0 Å². The van der Waals surface area contributed by atoms with Gasteiger partial charge in [-0.05, 0) is 43.3 Å². The summed E-state index contributed by atoms with van der Waals surface area (Å²) in [6, 6.07) is 16.9. The monoisotopic (exact) mass is 403 g/mol. The Kier molecular flexibility index (Phi) is 5.08. The number of amides is 1. The van der Waals surface area contributed by atoms with E-state index in [9.17, 15) is 14.9 Å². The Hall–Kier alpha value is -4.27. The SMILES string of the molecule is CCOc1ccc(C(=O)Nc2cccc(-c3nnc4ccccn34)c2)cc1[N+](=O)[O-]. The van der Waals surface area contributed by atoms with Gasteiger partial charge in [-0.15, -0.1) is 10.2 Å². The van der Waals surface area contributed by atoms with Crippen molar-refractivity contribution in [2.75, 3.05) is 11.9 Å².